The molecule has 0 saturated heterocycles. The second-order valence-electron chi connectivity index (χ2n) is 5.54. The van der Waals surface area contributed by atoms with E-state index in [2.05, 4.69) is 55.1 Å². The molecule has 0 amide bonds. The molecule has 2 rings (SSSR count). The summed E-state index contributed by atoms with van der Waals surface area (Å²) in [5.41, 5.74) is 2.49. The third-order valence-electron chi connectivity index (χ3n) is 4.01. The van der Waals surface area contributed by atoms with Crippen LogP contribution in [0.1, 0.15) is 39.5 Å². The zero-order valence-corrected chi connectivity index (χ0v) is 13.2. The first kappa shape index (κ1) is 15.6. The molecule has 1 nitrogen and oxygen atoms in total. The van der Waals surface area contributed by atoms with Crippen LogP contribution >= 0.6 is 0 Å². The highest BCUT2D eigenvalue weighted by Gasteiger charge is 2.14. The van der Waals surface area contributed by atoms with E-state index >= 15 is 0 Å². The van der Waals surface area contributed by atoms with Crippen molar-refractivity contribution in [3.05, 3.63) is 60.7 Å². The Kier molecular flexibility index (Phi) is 6.33. The van der Waals surface area contributed by atoms with E-state index in [1.165, 1.54) is 37.1 Å². The van der Waals surface area contributed by atoms with Crippen molar-refractivity contribution in [3.8, 4) is 0 Å². The highest BCUT2D eigenvalue weighted by atomic mass is 15.1. The number of rotatable bonds is 8. The lowest BCUT2D eigenvalue weighted by molar-refractivity contribution is 0.458. The van der Waals surface area contributed by atoms with Crippen LogP contribution in [0, 0.1) is 18.1 Å². The van der Waals surface area contributed by atoms with E-state index in [-0.39, 0.29) is 0 Å². The lowest BCUT2D eigenvalue weighted by Gasteiger charge is -2.29. The minimum absolute atomic E-state index is 0.735. The number of anilines is 2. The number of hydrogen-bond acceptors (Lipinski definition) is 1. The first-order chi connectivity index (χ1) is 10.3. The predicted molar refractivity (Wildman–Crippen MR) is 90.9 cm³/mol. The Morgan fingerprint density at radius 1 is 0.905 bits per heavy atom. The van der Waals surface area contributed by atoms with Crippen LogP contribution in [0.25, 0.3) is 0 Å². The van der Waals surface area contributed by atoms with Crippen molar-refractivity contribution in [1.82, 2.24) is 0 Å². The maximum atomic E-state index is 3.11. The summed E-state index contributed by atoms with van der Waals surface area (Å²) in [6.07, 6.45) is 5.13. The Morgan fingerprint density at radius 2 is 1.43 bits per heavy atom. The van der Waals surface area contributed by atoms with Gasteiger partial charge >= 0.3 is 0 Å². The zero-order chi connectivity index (χ0) is 14.9. The Hall–Kier alpha value is -1.76. The Labute approximate surface area is 129 Å². The average Bonchev–Trinajstić information content (AvgIpc) is 2.57. The molecule has 2 aromatic carbocycles. The fraction of sp³-hybridized carbons (Fsp3) is 0.400. The van der Waals surface area contributed by atoms with Crippen molar-refractivity contribution in [2.24, 2.45) is 5.92 Å². The van der Waals surface area contributed by atoms with Crippen LogP contribution in [0.3, 0.4) is 0 Å². The third kappa shape index (κ3) is 4.63. The second kappa shape index (κ2) is 8.51. The fourth-order valence-corrected chi connectivity index (χ4v) is 2.65. The molecule has 1 heteroatoms. The molecule has 21 heavy (non-hydrogen) atoms. The summed E-state index contributed by atoms with van der Waals surface area (Å²) in [6.45, 7) is 5.64. The summed E-state index contributed by atoms with van der Waals surface area (Å²) in [5, 5.41) is 0. The smallest absolute Gasteiger partial charge is 0.0411 e. The Bertz CT molecular complexity index is 452. The monoisotopic (exact) mass is 279 g/mol. The molecule has 110 valence electrons. The standard InChI is InChI=1S/C20H25N/c1-3-5-12-18(4-2)17-21(19-13-8-6-9-14-19)20-15-10-7-11-16-20/h8-11,13-16,18H,3-5,12,17H2,1-2H3. The topological polar surface area (TPSA) is 3.24 Å². The molecule has 0 saturated carbocycles. The maximum absolute atomic E-state index is 3.11. The van der Waals surface area contributed by atoms with Gasteiger partial charge < -0.3 is 4.90 Å². The molecule has 0 aliphatic rings. The first-order valence-corrected chi connectivity index (χ1v) is 8.05. The van der Waals surface area contributed by atoms with Crippen molar-refractivity contribution in [2.75, 3.05) is 11.4 Å². The molecule has 0 spiro atoms. The van der Waals surface area contributed by atoms with Gasteiger partial charge in [0.1, 0.15) is 0 Å². The molecule has 2 radical (unpaired) electrons. The van der Waals surface area contributed by atoms with Gasteiger partial charge in [0.05, 0.1) is 0 Å². The highest BCUT2D eigenvalue weighted by Crippen LogP contribution is 2.27. The van der Waals surface area contributed by atoms with Crippen molar-refractivity contribution >= 4 is 11.4 Å². The van der Waals surface area contributed by atoms with E-state index in [1.54, 1.807) is 0 Å². The van der Waals surface area contributed by atoms with E-state index < -0.39 is 0 Å². The zero-order valence-electron chi connectivity index (χ0n) is 13.2. The van der Waals surface area contributed by atoms with Gasteiger partial charge in [-0.25, -0.2) is 0 Å². The number of benzene rings is 2. The van der Waals surface area contributed by atoms with E-state index in [0.717, 1.165) is 12.5 Å². The molecule has 0 aliphatic carbocycles. The first-order valence-electron chi connectivity index (χ1n) is 8.05. The van der Waals surface area contributed by atoms with Crippen molar-refractivity contribution in [1.29, 1.82) is 0 Å². The van der Waals surface area contributed by atoms with Gasteiger partial charge in [-0.2, -0.15) is 0 Å². The number of hydrogen-bond donors (Lipinski definition) is 0. The maximum Gasteiger partial charge on any atom is 0.0411 e. The summed E-state index contributed by atoms with van der Waals surface area (Å²) in [7, 11) is 0. The summed E-state index contributed by atoms with van der Waals surface area (Å²) in [6, 6.07) is 22.7. The number of nitrogens with zero attached hydrogens (tertiary/aromatic N) is 1. The van der Waals surface area contributed by atoms with Gasteiger partial charge in [0.25, 0.3) is 0 Å². The molecule has 1 unspecified atom stereocenters. The van der Waals surface area contributed by atoms with Gasteiger partial charge in [-0.15, -0.1) is 0 Å². The molecule has 0 bridgehead atoms. The van der Waals surface area contributed by atoms with Crippen LogP contribution in [0.4, 0.5) is 11.4 Å². The normalized spacial score (nSPS) is 12.1. The lowest BCUT2D eigenvalue weighted by Crippen LogP contribution is -2.24. The SMILES string of the molecule is CCCCC(CC)CN(c1cc[c]cc1)c1cc[c]cc1. The molecule has 0 heterocycles. The van der Waals surface area contributed by atoms with Crippen molar-refractivity contribution in [2.45, 2.75) is 39.5 Å². The number of unbranched alkanes of at least 4 members (excludes halogenated alkanes) is 1. The summed E-state index contributed by atoms with van der Waals surface area (Å²) >= 11 is 0. The third-order valence-corrected chi connectivity index (χ3v) is 4.01. The van der Waals surface area contributed by atoms with Crippen molar-refractivity contribution < 1.29 is 0 Å². The molecule has 0 N–H and O–H groups in total. The van der Waals surface area contributed by atoms with Gasteiger partial charge in [-0.3, -0.25) is 0 Å². The summed E-state index contributed by atoms with van der Waals surface area (Å²) in [4.78, 5) is 2.42. The largest absolute Gasteiger partial charge is 0.341 e. The highest BCUT2D eigenvalue weighted by molar-refractivity contribution is 5.62. The second-order valence-corrected chi connectivity index (χ2v) is 5.54. The molecule has 2 aromatic rings. The Morgan fingerprint density at radius 3 is 1.86 bits per heavy atom. The van der Waals surface area contributed by atoms with Gasteiger partial charge in [-0.05, 0) is 48.7 Å². The lowest BCUT2D eigenvalue weighted by atomic mass is 9.98. The quantitative estimate of drug-likeness (QED) is 0.604. The van der Waals surface area contributed by atoms with Crippen LogP contribution in [0.5, 0.6) is 0 Å². The van der Waals surface area contributed by atoms with Crippen LogP contribution in [-0.4, -0.2) is 6.54 Å². The Balaban J connectivity index is 2.20. The molecular weight excluding hydrogens is 254 g/mol. The van der Waals surface area contributed by atoms with Gasteiger partial charge in [0.2, 0.25) is 0 Å². The molecule has 1 atom stereocenters. The fourth-order valence-electron chi connectivity index (χ4n) is 2.65. The summed E-state index contributed by atoms with van der Waals surface area (Å²) in [5.74, 6) is 0.735. The summed E-state index contributed by atoms with van der Waals surface area (Å²) < 4.78 is 0. The van der Waals surface area contributed by atoms with E-state index in [4.69, 9.17) is 0 Å². The van der Waals surface area contributed by atoms with E-state index in [1.807, 2.05) is 24.3 Å². The molecule has 0 aromatic heterocycles. The van der Waals surface area contributed by atoms with Crippen LogP contribution in [0.15, 0.2) is 48.5 Å². The molecular formula is C20H25N. The van der Waals surface area contributed by atoms with E-state index in [9.17, 15) is 0 Å². The van der Waals surface area contributed by atoms with Gasteiger partial charge in [0, 0.05) is 17.9 Å². The molecule has 0 fully saturated rings. The van der Waals surface area contributed by atoms with Crippen LogP contribution < -0.4 is 4.90 Å². The molecule has 0 aliphatic heterocycles. The van der Waals surface area contributed by atoms with Crippen LogP contribution in [0.2, 0.25) is 0 Å². The van der Waals surface area contributed by atoms with E-state index in [0.29, 0.717) is 0 Å². The predicted octanol–water partition coefficient (Wildman–Crippen LogP) is 5.64. The minimum atomic E-state index is 0.735. The average molecular weight is 279 g/mol. The van der Waals surface area contributed by atoms with Gasteiger partial charge in [-0.1, -0.05) is 57.4 Å². The van der Waals surface area contributed by atoms with Crippen LogP contribution in [-0.2, 0) is 0 Å². The van der Waals surface area contributed by atoms with Gasteiger partial charge in [0.15, 0.2) is 0 Å². The van der Waals surface area contributed by atoms with Crippen molar-refractivity contribution in [3.63, 3.8) is 0 Å². The minimum Gasteiger partial charge on any atom is -0.341 e.